The average Bonchev–Trinajstić information content (AvgIpc) is 1.00. The van der Waals surface area contributed by atoms with Gasteiger partial charge in [0.25, 0.3) is 0 Å². The summed E-state index contributed by atoms with van der Waals surface area (Å²) in [6, 6.07) is 0. The van der Waals surface area contributed by atoms with Crippen molar-refractivity contribution in [3.63, 3.8) is 0 Å². The molecule has 0 aromatic heterocycles. The van der Waals surface area contributed by atoms with Crippen LogP contribution < -0.4 is 4.19 Å². The molecule has 1 nitrogen and oxygen atoms in total. The van der Waals surface area contributed by atoms with Crippen molar-refractivity contribution < 1.29 is 58.7 Å². The van der Waals surface area contributed by atoms with Crippen LogP contribution >= 0.6 is 0 Å². The number of hydrogen-bond donors (Lipinski definition) is 0. The summed E-state index contributed by atoms with van der Waals surface area (Å²) >= 11 is 2.94. The van der Waals surface area contributed by atoms with E-state index >= 15 is 0 Å². The Bertz CT molecular complexity index is 6.00. The summed E-state index contributed by atoms with van der Waals surface area (Å²) in [5.41, 5.74) is 0. The van der Waals surface area contributed by atoms with Crippen molar-refractivity contribution in [1.29, 1.82) is 0 Å². The van der Waals surface area contributed by atoms with E-state index in [-0.39, 0.29) is 38.1 Å². The molecule has 0 aromatic carbocycles. The third kappa shape index (κ3) is 9.35. The zero-order valence-electron chi connectivity index (χ0n) is 1.42. The van der Waals surface area contributed by atoms with Gasteiger partial charge in [-0.15, -0.1) is 0 Å². The molecule has 34 valence electrons. The zero-order chi connectivity index (χ0) is 2.00. The molecule has 0 rings (SSSR count). The predicted molar refractivity (Wildman–Crippen MR) is 0 cm³/mol. The molecule has 0 radical (unpaired) electrons. The van der Waals surface area contributed by atoms with Crippen LogP contribution in [-0.2, 0) is 54.5 Å². The fraction of sp³-hybridized carbons (Fsp3) is 0. The molecule has 0 aliphatic rings. The first kappa shape index (κ1) is 17.3. The van der Waals surface area contributed by atoms with Gasteiger partial charge in [0.1, 0.15) is 0 Å². The second-order valence-corrected chi connectivity index (χ2v) is 0. The summed E-state index contributed by atoms with van der Waals surface area (Å²) in [6.45, 7) is 0. The van der Waals surface area contributed by atoms with Crippen molar-refractivity contribution in [1.82, 2.24) is 0 Å². The van der Waals surface area contributed by atoms with E-state index in [4.69, 9.17) is 4.19 Å². The fourth-order valence-electron chi connectivity index (χ4n) is 0. The fourth-order valence-corrected chi connectivity index (χ4v) is 0. The van der Waals surface area contributed by atoms with Crippen molar-refractivity contribution in [3.05, 3.63) is 0 Å². The normalized spacial score (nSPS) is 1.75. The Morgan fingerprint density at radius 3 is 1.25 bits per heavy atom. The van der Waals surface area contributed by atoms with Gasteiger partial charge in [-0.05, 0) is 0 Å². The minimum atomic E-state index is 0. The van der Waals surface area contributed by atoms with Crippen molar-refractivity contribution in [2.75, 3.05) is 0 Å². The van der Waals surface area contributed by atoms with Gasteiger partial charge in [0, 0.05) is 21.1 Å². The van der Waals surface area contributed by atoms with E-state index < -0.39 is 0 Å². The molecule has 0 atom stereocenters. The van der Waals surface area contributed by atoms with Crippen LogP contribution in [0, 0.1) is 0 Å². The van der Waals surface area contributed by atoms with Gasteiger partial charge < -0.3 is 0 Å². The Morgan fingerprint density at radius 2 is 1.25 bits per heavy atom. The second kappa shape index (κ2) is 22.4. The topological polar surface area (TPSA) is 23.1 Å². The van der Waals surface area contributed by atoms with Crippen molar-refractivity contribution in [3.8, 4) is 0 Å². The van der Waals surface area contributed by atoms with Gasteiger partial charge in [-0.2, -0.15) is 0 Å². The first-order chi connectivity index (χ1) is 1.00. The number of rotatable bonds is 0. The molecule has 0 aliphatic carbocycles. The van der Waals surface area contributed by atoms with Crippen LogP contribution in [-0.4, -0.2) is 0 Å². The zero-order valence-corrected chi connectivity index (χ0v) is 5.31. The van der Waals surface area contributed by atoms with E-state index in [1.165, 1.54) is 0 Å². The Balaban J connectivity index is -0.00000000500. The quantitative estimate of drug-likeness (QED) is 0.487. The molecule has 4 heavy (non-hydrogen) atoms. The molecule has 0 unspecified atom stereocenters. The molecular formula is Cu2MoO. The third-order valence-electron chi connectivity index (χ3n) is 0. The Morgan fingerprint density at radius 1 is 1.25 bits per heavy atom. The maximum atomic E-state index is 7.81. The van der Waals surface area contributed by atoms with Crippen LogP contribution in [0.1, 0.15) is 0 Å². The summed E-state index contributed by atoms with van der Waals surface area (Å²) in [5, 5.41) is 0. The van der Waals surface area contributed by atoms with Crippen LogP contribution in [0.4, 0.5) is 0 Å². The van der Waals surface area contributed by atoms with Gasteiger partial charge in [0.05, 0.1) is 0 Å². The van der Waals surface area contributed by atoms with Gasteiger partial charge in [-0.25, -0.2) is 0 Å². The molecule has 0 spiro atoms. The molecule has 0 saturated heterocycles. The standard InChI is InChI=1S/2Cu.Mo.O/q;+1;;-1. The monoisotopic (exact) mass is 240 g/mol. The van der Waals surface area contributed by atoms with Crippen molar-refractivity contribution in [2.45, 2.75) is 0 Å². The predicted octanol–water partition coefficient (Wildman–Crippen LogP) is -1.20. The Labute approximate surface area is 58.4 Å². The maximum absolute atomic E-state index is 7.81. The molecule has 0 amide bonds. The molecular weight excluding hydrogens is 239 g/mol. The minimum absolute atomic E-state index is 0. The van der Waals surface area contributed by atoms with Crippen molar-refractivity contribution in [2.24, 2.45) is 0 Å². The van der Waals surface area contributed by atoms with Crippen LogP contribution in [0.15, 0.2) is 0 Å². The first-order valence-corrected chi connectivity index (χ1v) is 0.508. The van der Waals surface area contributed by atoms with Gasteiger partial charge >= 0.3 is 37.6 Å². The van der Waals surface area contributed by atoms with E-state index in [9.17, 15) is 0 Å². The average molecular weight is 239 g/mol. The van der Waals surface area contributed by atoms with Crippen LogP contribution in [0.2, 0.25) is 0 Å². The van der Waals surface area contributed by atoms with Gasteiger partial charge in [0.2, 0.25) is 0 Å². The van der Waals surface area contributed by atoms with Gasteiger partial charge in [-0.3, -0.25) is 0 Å². The third-order valence-corrected chi connectivity index (χ3v) is 0. The Hall–Kier alpha value is 1.69. The molecule has 0 fully saturated rings. The van der Waals surface area contributed by atoms with Gasteiger partial charge in [-0.1, -0.05) is 0 Å². The van der Waals surface area contributed by atoms with E-state index in [0.29, 0.717) is 0 Å². The molecule has 0 aliphatic heterocycles. The molecule has 0 heterocycles. The van der Waals surface area contributed by atoms with E-state index in [1.54, 1.807) is 0 Å². The molecule has 0 aromatic rings. The summed E-state index contributed by atoms with van der Waals surface area (Å²) in [4.78, 5) is 0. The SMILES string of the molecule is [Cu+].[Mo].[O-][Cu]. The van der Waals surface area contributed by atoms with Gasteiger partial charge in [0.15, 0.2) is 0 Å². The summed E-state index contributed by atoms with van der Waals surface area (Å²) in [7, 11) is 0. The van der Waals surface area contributed by atoms with Crippen LogP contribution in [0.3, 0.4) is 0 Å². The molecule has 0 bridgehead atoms. The van der Waals surface area contributed by atoms with Crippen molar-refractivity contribution >= 4 is 0 Å². The van der Waals surface area contributed by atoms with E-state index in [0.717, 1.165) is 0 Å². The van der Waals surface area contributed by atoms with Crippen LogP contribution in [0.25, 0.3) is 0 Å². The van der Waals surface area contributed by atoms with E-state index in [1.807, 2.05) is 0 Å². The van der Waals surface area contributed by atoms with E-state index in [2.05, 4.69) is 16.3 Å². The van der Waals surface area contributed by atoms with Crippen LogP contribution in [0.5, 0.6) is 0 Å². The Kier molecular flexibility index (Phi) is 96.8. The summed E-state index contributed by atoms with van der Waals surface area (Å²) < 4.78 is 7.81. The first-order valence-electron chi connectivity index (χ1n) is 0.123. The molecule has 4 heteroatoms. The summed E-state index contributed by atoms with van der Waals surface area (Å²) in [5.74, 6) is 0. The second-order valence-electron chi connectivity index (χ2n) is 0. The molecule has 0 saturated carbocycles. The number of hydrogen-bond acceptors (Lipinski definition) is 1. The molecule has 0 N–H and O–H groups in total. The summed E-state index contributed by atoms with van der Waals surface area (Å²) in [6.07, 6.45) is 0.